The first-order chi connectivity index (χ1) is 9.65. The van der Waals surface area contributed by atoms with Gasteiger partial charge in [0.1, 0.15) is 12.4 Å². The Morgan fingerprint density at radius 2 is 2.20 bits per heavy atom. The number of hydrogen-bond acceptors (Lipinski definition) is 3. The monoisotopic (exact) mass is 278 g/mol. The number of carbonyl (C=O) groups excluding carboxylic acids is 1. The average molecular weight is 278 g/mol. The van der Waals surface area contributed by atoms with E-state index in [0.29, 0.717) is 32.9 Å². The molecule has 5 heteroatoms. The van der Waals surface area contributed by atoms with Crippen molar-refractivity contribution in [1.82, 2.24) is 10.2 Å². The molecule has 1 fully saturated rings. The van der Waals surface area contributed by atoms with E-state index in [1.807, 2.05) is 38.1 Å². The van der Waals surface area contributed by atoms with Crippen LogP contribution < -0.4 is 10.1 Å². The van der Waals surface area contributed by atoms with Gasteiger partial charge in [0.05, 0.1) is 19.3 Å². The molecule has 0 aromatic heterocycles. The third-order valence-electron chi connectivity index (χ3n) is 3.16. The molecule has 1 aromatic rings. The lowest BCUT2D eigenvalue weighted by atomic mass is 10.2. The van der Waals surface area contributed by atoms with Crippen LogP contribution in [0.3, 0.4) is 0 Å². The van der Waals surface area contributed by atoms with Crippen molar-refractivity contribution in [2.75, 3.05) is 32.9 Å². The maximum absolute atomic E-state index is 12.0. The molecule has 0 radical (unpaired) electrons. The number of benzene rings is 1. The largest absolute Gasteiger partial charge is 0.491 e. The van der Waals surface area contributed by atoms with Gasteiger partial charge in [0.25, 0.3) is 0 Å². The van der Waals surface area contributed by atoms with Crippen molar-refractivity contribution in [3.8, 4) is 5.75 Å². The number of rotatable bonds is 4. The van der Waals surface area contributed by atoms with Gasteiger partial charge in [-0.05, 0) is 31.5 Å². The fourth-order valence-corrected chi connectivity index (χ4v) is 2.04. The molecule has 5 nitrogen and oxygen atoms in total. The SMILES string of the molecule is Cc1cccc(OC[C@H](C)NC(=O)N2CCOCC2)c1. The Balaban J connectivity index is 1.74. The summed E-state index contributed by atoms with van der Waals surface area (Å²) in [5.41, 5.74) is 1.16. The summed E-state index contributed by atoms with van der Waals surface area (Å²) in [5.74, 6) is 0.831. The summed E-state index contributed by atoms with van der Waals surface area (Å²) in [5, 5.41) is 2.94. The molecule has 0 spiro atoms. The number of nitrogens with zero attached hydrogens (tertiary/aromatic N) is 1. The van der Waals surface area contributed by atoms with Gasteiger partial charge in [-0.2, -0.15) is 0 Å². The maximum Gasteiger partial charge on any atom is 0.317 e. The van der Waals surface area contributed by atoms with E-state index >= 15 is 0 Å². The van der Waals surface area contributed by atoms with E-state index in [9.17, 15) is 4.79 Å². The van der Waals surface area contributed by atoms with Crippen LogP contribution in [0.15, 0.2) is 24.3 Å². The zero-order chi connectivity index (χ0) is 14.4. The molecule has 0 saturated carbocycles. The lowest BCUT2D eigenvalue weighted by Gasteiger charge is -2.28. The first-order valence-electron chi connectivity index (χ1n) is 6.98. The number of morpholine rings is 1. The highest BCUT2D eigenvalue weighted by molar-refractivity contribution is 5.74. The van der Waals surface area contributed by atoms with Crippen molar-refractivity contribution in [1.29, 1.82) is 0 Å². The maximum atomic E-state index is 12.0. The first-order valence-corrected chi connectivity index (χ1v) is 6.98. The van der Waals surface area contributed by atoms with Crippen molar-refractivity contribution in [3.63, 3.8) is 0 Å². The molecule has 1 heterocycles. The Morgan fingerprint density at radius 1 is 1.45 bits per heavy atom. The van der Waals surface area contributed by atoms with Crippen LogP contribution >= 0.6 is 0 Å². The Kier molecular flexibility index (Phi) is 5.24. The molecule has 0 bridgehead atoms. The van der Waals surface area contributed by atoms with Crippen LogP contribution in [0.25, 0.3) is 0 Å². The van der Waals surface area contributed by atoms with Gasteiger partial charge in [0.2, 0.25) is 0 Å². The third-order valence-corrected chi connectivity index (χ3v) is 3.16. The summed E-state index contributed by atoms with van der Waals surface area (Å²) in [6.45, 7) is 6.95. The van der Waals surface area contributed by atoms with Gasteiger partial charge in [0.15, 0.2) is 0 Å². The Labute approximate surface area is 119 Å². The topological polar surface area (TPSA) is 50.8 Å². The van der Waals surface area contributed by atoms with Crippen molar-refractivity contribution >= 4 is 6.03 Å². The highest BCUT2D eigenvalue weighted by atomic mass is 16.5. The summed E-state index contributed by atoms with van der Waals surface area (Å²) in [6, 6.07) is 7.80. The fraction of sp³-hybridized carbons (Fsp3) is 0.533. The van der Waals surface area contributed by atoms with E-state index in [2.05, 4.69) is 5.32 Å². The molecule has 1 aliphatic heterocycles. The average Bonchev–Trinajstić information content (AvgIpc) is 2.46. The highest BCUT2D eigenvalue weighted by Crippen LogP contribution is 2.12. The smallest absolute Gasteiger partial charge is 0.317 e. The molecule has 1 aliphatic rings. The molecule has 1 saturated heterocycles. The van der Waals surface area contributed by atoms with Crippen LogP contribution in [0.2, 0.25) is 0 Å². The van der Waals surface area contributed by atoms with Crippen LogP contribution in [0.5, 0.6) is 5.75 Å². The van der Waals surface area contributed by atoms with Crippen molar-refractivity contribution in [2.24, 2.45) is 0 Å². The standard InChI is InChI=1S/C15H22N2O3/c1-12-4-3-5-14(10-12)20-11-13(2)16-15(18)17-6-8-19-9-7-17/h3-5,10,13H,6-9,11H2,1-2H3,(H,16,18)/t13-/m0/s1. The molecular weight excluding hydrogens is 256 g/mol. The Hall–Kier alpha value is -1.75. The molecule has 1 atom stereocenters. The molecule has 110 valence electrons. The number of carbonyl (C=O) groups is 1. The molecular formula is C15H22N2O3. The van der Waals surface area contributed by atoms with Crippen molar-refractivity contribution in [3.05, 3.63) is 29.8 Å². The Bertz CT molecular complexity index is 444. The summed E-state index contributed by atoms with van der Waals surface area (Å²) < 4.78 is 10.9. The normalized spacial score (nSPS) is 16.6. The summed E-state index contributed by atoms with van der Waals surface area (Å²) >= 11 is 0. The summed E-state index contributed by atoms with van der Waals surface area (Å²) in [6.07, 6.45) is 0. The second kappa shape index (κ2) is 7.14. The first kappa shape index (κ1) is 14.7. The third kappa shape index (κ3) is 4.42. The number of aryl methyl sites for hydroxylation is 1. The predicted molar refractivity (Wildman–Crippen MR) is 77.1 cm³/mol. The molecule has 20 heavy (non-hydrogen) atoms. The molecule has 1 N–H and O–H groups in total. The van der Waals surface area contributed by atoms with Crippen LogP contribution in [-0.2, 0) is 4.74 Å². The van der Waals surface area contributed by atoms with E-state index < -0.39 is 0 Å². The minimum absolute atomic E-state index is 0.0362. The van der Waals surface area contributed by atoms with Gasteiger partial charge in [0, 0.05) is 13.1 Å². The number of amides is 2. The zero-order valence-electron chi connectivity index (χ0n) is 12.1. The molecule has 0 unspecified atom stereocenters. The second-order valence-corrected chi connectivity index (χ2v) is 5.08. The van der Waals surface area contributed by atoms with E-state index in [1.54, 1.807) is 4.90 Å². The number of hydrogen-bond donors (Lipinski definition) is 1. The Morgan fingerprint density at radius 3 is 2.90 bits per heavy atom. The predicted octanol–water partition coefficient (Wildman–Crippen LogP) is 1.80. The minimum Gasteiger partial charge on any atom is -0.491 e. The molecule has 2 amide bonds. The van der Waals surface area contributed by atoms with Gasteiger partial charge < -0.3 is 19.7 Å². The highest BCUT2D eigenvalue weighted by Gasteiger charge is 2.18. The van der Waals surface area contributed by atoms with E-state index in [0.717, 1.165) is 11.3 Å². The minimum atomic E-state index is -0.0476. The van der Waals surface area contributed by atoms with Crippen LogP contribution in [0.1, 0.15) is 12.5 Å². The van der Waals surface area contributed by atoms with Gasteiger partial charge in [-0.25, -0.2) is 4.79 Å². The van der Waals surface area contributed by atoms with Crippen LogP contribution in [0, 0.1) is 6.92 Å². The van der Waals surface area contributed by atoms with Crippen molar-refractivity contribution < 1.29 is 14.3 Å². The van der Waals surface area contributed by atoms with Gasteiger partial charge in [-0.15, -0.1) is 0 Å². The molecule has 2 rings (SSSR count). The lowest BCUT2D eigenvalue weighted by molar-refractivity contribution is 0.0522. The van der Waals surface area contributed by atoms with E-state index in [4.69, 9.17) is 9.47 Å². The quantitative estimate of drug-likeness (QED) is 0.913. The number of urea groups is 1. The van der Waals surface area contributed by atoms with Gasteiger partial charge in [-0.3, -0.25) is 0 Å². The number of ether oxygens (including phenoxy) is 2. The van der Waals surface area contributed by atoms with Crippen molar-refractivity contribution in [2.45, 2.75) is 19.9 Å². The number of nitrogens with one attached hydrogen (secondary N) is 1. The summed E-state index contributed by atoms with van der Waals surface area (Å²) in [7, 11) is 0. The molecule has 0 aliphatic carbocycles. The van der Waals surface area contributed by atoms with E-state index in [-0.39, 0.29) is 12.1 Å². The summed E-state index contributed by atoms with van der Waals surface area (Å²) in [4.78, 5) is 13.7. The zero-order valence-corrected chi connectivity index (χ0v) is 12.1. The van der Waals surface area contributed by atoms with Crippen LogP contribution in [-0.4, -0.2) is 49.9 Å². The fourth-order valence-electron chi connectivity index (χ4n) is 2.04. The molecule has 1 aromatic carbocycles. The van der Waals surface area contributed by atoms with Crippen LogP contribution in [0.4, 0.5) is 4.79 Å². The van der Waals surface area contributed by atoms with Gasteiger partial charge >= 0.3 is 6.03 Å². The van der Waals surface area contributed by atoms with E-state index in [1.165, 1.54) is 0 Å². The second-order valence-electron chi connectivity index (χ2n) is 5.08. The van der Waals surface area contributed by atoms with Gasteiger partial charge in [-0.1, -0.05) is 12.1 Å². The lowest BCUT2D eigenvalue weighted by Crippen LogP contribution is -2.49.